The molecule has 2 atom stereocenters. The van der Waals surface area contributed by atoms with Crippen LogP contribution in [0, 0.1) is 0 Å². The van der Waals surface area contributed by atoms with Crippen LogP contribution in [-0.4, -0.2) is 63.0 Å². The van der Waals surface area contributed by atoms with E-state index in [1.165, 1.54) is 5.56 Å². The van der Waals surface area contributed by atoms with E-state index in [-0.39, 0.29) is 36.2 Å². The molecule has 26 heavy (non-hydrogen) atoms. The summed E-state index contributed by atoms with van der Waals surface area (Å²) in [5.74, 6) is 1.81. The maximum absolute atomic E-state index is 5.93. The lowest BCUT2D eigenvalue weighted by Crippen LogP contribution is -2.53. The summed E-state index contributed by atoms with van der Waals surface area (Å²) >= 11 is 0. The van der Waals surface area contributed by atoms with Gasteiger partial charge in [-0.25, -0.2) is 0 Å². The molecule has 3 rings (SSSR count). The molecule has 2 fully saturated rings. The second kappa shape index (κ2) is 10.9. The average Bonchev–Trinajstić information content (AvgIpc) is 3.18. The zero-order valence-corrected chi connectivity index (χ0v) is 18.0. The van der Waals surface area contributed by atoms with Gasteiger partial charge in [-0.15, -0.1) is 24.0 Å². The van der Waals surface area contributed by atoms with Gasteiger partial charge >= 0.3 is 0 Å². The predicted octanol–water partition coefficient (Wildman–Crippen LogP) is 2.66. The van der Waals surface area contributed by atoms with Gasteiger partial charge in [-0.3, -0.25) is 4.99 Å². The van der Waals surface area contributed by atoms with Gasteiger partial charge < -0.3 is 24.4 Å². The second-order valence-corrected chi connectivity index (χ2v) is 6.39. The van der Waals surface area contributed by atoms with Crippen molar-refractivity contribution < 1.29 is 14.2 Å². The Morgan fingerprint density at radius 3 is 2.88 bits per heavy atom. The third-order valence-corrected chi connectivity index (χ3v) is 4.64. The molecule has 0 spiro atoms. The number of nitrogens with one attached hydrogen (secondary N) is 1. The van der Waals surface area contributed by atoms with Crippen molar-refractivity contribution in [1.82, 2.24) is 10.2 Å². The predicted molar refractivity (Wildman–Crippen MR) is 114 cm³/mol. The van der Waals surface area contributed by atoms with Crippen LogP contribution in [0.5, 0.6) is 5.75 Å². The van der Waals surface area contributed by atoms with Crippen LogP contribution in [0.1, 0.15) is 25.3 Å². The summed E-state index contributed by atoms with van der Waals surface area (Å²) < 4.78 is 17.3. The maximum Gasteiger partial charge on any atom is 0.194 e. The minimum Gasteiger partial charge on any atom is -0.494 e. The Labute approximate surface area is 173 Å². The molecule has 2 heterocycles. The summed E-state index contributed by atoms with van der Waals surface area (Å²) in [6, 6.07) is 8.17. The van der Waals surface area contributed by atoms with E-state index < -0.39 is 0 Å². The maximum atomic E-state index is 5.93. The van der Waals surface area contributed by atoms with Crippen LogP contribution in [0.3, 0.4) is 0 Å². The molecular formula is C19H30IN3O3. The summed E-state index contributed by atoms with van der Waals surface area (Å²) in [5, 5.41) is 3.46. The number of morpholine rings is 1. The summed E-state index contributed by atoms with van der Waals surface area (Å²) in [6.07, 6.45) is 2.59. The van der Waals surface area contributed by atoms with Gasteiger partial charge in [-0.05, 0) is 37.5 Å². The van der Waals surface area contributed by atoms with Crippen LogP contribution in [0.2, 0.25) is 0 Å². The molecule has 6 nitrogen and oxygen atoms in total. The van der Waals surface area contributed by atoms with Gasteiger partial charge in [0.1, 0.15) is 11.9 Å². The Balaban J connectivity index is 0.00000243. The lowest BCUT2D eigenvalue weighted by molar-refractivity contribution is -0.0817. The Morgan fingerprint density at radius 2 is 2.15 bits per heavy atom. The fourth-order valence-electron chi connectivity index (χ4n) is 3.41. The van der Waals surface area contributed by atoms with Crippen molar-refractivity contribution in [3.63, 3.8) is 0 Å². The first-order valence-electron chi connectivity index (χ1n) is 9.20. The van der Waals surface area contributed by atoms with E-state index >= 15 is 0 Å². The number of hydrogen-bond donors (Lipinski definition) is 1. The summed E-state index contributed by atoms with van der Waals surface area (Å²) in [6.45, 7) is 6.63. The van der Waals surface area contributed by atoms with Crippen molar-refractivity contribution in [1.29, 1.82) is 0 Å². The minimum atomic E-state index is 0. The number of guanidine groups is 1. The van der Waals surface area contributed by atoms with Gasteiger partial charge in [-0.1, -0.05) is 12.1 Å². The first-order chi connectivity index (χ1) is 12.3. The van der Waals surface area contributed by atoms with Crippen molar-refractivity contribution in [2.45, 2.75) is 38.5 Å². The van der Waals surface area contributed by atoms with Gasteiger partial charge in [0.25, 0.3) is 0 Å². The van der Waals surface area contributed by atoms with Gasteiger partial charge in [0, 0.05) is 33.3 Å². The van der Waals surface area contributed by atoms with Crippen LogP contribution in [0.25, 0.3) is 0 Å². The highest BCUT2D eigenvalue weighted by Crippen LogP contribution is 2.21. The number of aliphatic imine (C=N–C) groups is 1. The van der Waals surface area contributed by atoms with Gasteiger partial charge in [0.2, 0.25) is 0 Å². The molecule has 2 aliphatic rings. The third kappa shape index (κ3) is 5.72. The summed E-state index contributed by atoms with van der Waals surface area (Å²) in [7, 11) is 1.83. The van der Waals surface area contributed by atoms with Crippen LogP contribution >= 0.6 is 24.0 Å². The zero-order chi connectivity index (χ0) is 17.5. The number of hydrogen-bond acceptors (Lipinski definition) is 4. The Hall–Kier alpha value is -1.06. The molecule has 0 amide bonds. The lowest BCUT2D eigenvalue weighted by atomic mass is 10.1. The van der Waals surface area contributed by atoms with Gasteiger partial charge in [0.05, 0.1) is 19.3 Å². The van der Waals surface area contributed by atoms with Crippen molar-refractivity contribution >= 4 is 29.9 Å². The van der Waals surface area contributed by atoms with Gasteiger partial charge in [0.15, 0.2) is 5.96 Å². The molecule has 1 N–H and O–H groups in total. The monoisotopic (exact) mass is 475 g/mol. The quantitative estimate of drug-likeness (QED) is 0.403. The molecule has 0 radical (unpaired) electrons. The van der Waals surface area contributed by atoms with Crippen LogP contribution < -0.4 is 10.1 Å². The smallest absolute Gasteiger partial charge is 0.194 e. The highest BCUT2D eigenvalue weighted by atomic mass is 127. The van der Waals surface area contributed by atoms with Gasteiger partial charge in [-0.2, -0.15) is 0 Å². The van der Waals surface area contributed by atoms with E-state index in [4.69, 9.17) is 14.2 Å². The number of nitrogens with zero attached hydrogens (tertiary/aromatic N) is 2. The molecule has 146 valence electrons. The zero-order valence-electron chi connectivity index (χ0n) is 15.6. The number of ether oxygens (including phenoxy) is 3. The number of halogens is 1. The average molecular weight is 475 g/mol. The highest BCUT2D eigenvalue weighted by molar-refractivity contribution is 14.0. The minimum absolute atomic E-state index is 0. The van der Waals surface area contributed by atoms with E-state index in [9.17, 15) is 0 Å². The second-order valence-electron chi connectivity index (χ2n) is 6.39. The lowest BCUT2D eigenvalue weighted by Gasteiger charge is -2.37. The Morgan fingerprint density at radius 1 is 1.31 bits per heavy atom. The first kappa shape index (κ1) is 21.2. The highest BCUT2D eigenvalue weighted by Gasteiger charge is 2.32. The van der Waals surface area contributed by atoms with E-state index in [1.54, 1.807) is 0 Å². The molecule has 0 bridgehead atoms. The van der Waals surface area contributed by atoms with Crippen LogP contribution in [0.15, 0.2) is 29.3 Å². The molecule has 0 saturated carbocycles. The summed E-state index contributed by atoms with van der Waals surface area (Å²) in [5.41, 5.74) is 1.18. The van der Waals surface area contributed by atoms with Crippen molar-refractivity contribution in [2.75, 3.05) is 40.0 Å². The number of benzene rings is 1. The molecule has 1 aromatic carbocycles. The third-order valence-electron chi connectivity index (χ3n) is 4.64. The standard InChI is InChI=1S/C19H29N3O3.HI/c1-3-23-16-7-4-6-15(12-16)13-21-19(20-2)22-9-11-25-18(14-22)17-8-5-10-24-17;/h4,6-7,12,17-18H,3,5,8-11,13-14H2,1-2H3,(H,20,21);1H. The molecular weight excluding hydrogens is 445 g/mol. The fraction of sp³-hybridized carbons (Fsp3) is 0.632. The largest absolute Gasteiger partial charge is 0.494 e. The van der Waals surface area contributed by atoms with E-state index in [0.29, 0.717) is 13.2 Å². The fourth-order valence-corrected chi connectivity index (χ4v) is 3.41. The van der Waals surface area contributed by atoms with Crippen molar-refractivity contribution in [2.24, 2.45) is 4.99 Å². The summed E-state index contributed by atoms with van der Waals surface area (Å²) in [4.78, 5) is 6.72. The Kier molecular flexibility index (Phi) is 8.94. The molecule has 2 aliphatic heterocycles. The topological polar surface area (TPSA) is 55.3 Å². The normalized spacial score (nSPS) is 23.5. The molecule has 7 heteroatoms. The SMILES string of the molecule is CCOc1cccc(CNC(=NC)N2CCOC(C3CCCO3)C2)c1.I. The number of rotatable bonds is 5. The van der Waals surface area contributed by atoms with Crippen molar-refractivity contribution in [3.8, 4) is 5.75 Å². The van der Waals surface area contributed by atoms with Crippen molar-refractivity contribution in [3.05, 3.63) is 29.8 Å². The molecule has 2 unspecified atom stereocenters. The molecule has 2 saturated heterocycles. The van der Waals surface area contributed by atoms with Crippen LogP contribution in [-0.2, 0) is 16.0 Å². The molecule has 0 aliphatic carbocycles. The van der Waals surface area contributed by atoms with E-state index in [1.807, 2.05) is 26.1 Å². The van der Waals surface area contributed by atoms with E-state index in [2.05, 4.69) is 27.3 Å². The van der Waals surface area contributed by atoms with E-state index in [0.717, 1.165) is 50.8 Å². The Bertz CT molecular complexity index is 579. The molecule has 0 aromatic heterocycles. The first-order valence-corrected chi connectivity index (χ1v) is 9.20. The molecule has 1 aromatic rings. The van der Waals surface area contributed by atoms with Crippen LogP contribution in [0.4, 0.5) is 0 Å².